The maximum absolute atomic E-state index is 12.9. The molecule has 148 valence electrons. The van der Waals surface area contributed by atoms with Gasteiger partial charge in [-0.05, 0) is 29.8 Å². The van der Waals surface area contributed by atoms with Crippen LogP contribution in [0.15, 0.2) is 47.4 Å². The number of rotatable bonds is 5. The average Bonchev–Trinajstić information content (AvgIpc) is 3.16. The van der Waals surface area contributed by atoms with Crippen LogP contribution in [0.2, 0.25) is 0 Å². The van der Waals surface area contributed by atoms with Gasteiger partial charge in [-0.25, -0.2) is 13.2 Å². The molecule has 0 saturated carbocycles. The van der Waals surface area contributed by atoms with Crippen molar-refractivity contribution in [3.63, 3.8) is 0 Å². The minimum Gasteiger partial charge on any atom is -0.478 e. The van der Waals surface area contributed by atoms with Crippen LogP contribution in [0.5, 0.6) is 11.5 Å². The second-order valence-corrected chi connectivity index (χ2v) is 8.58. The van der Waals surface area contributed by atoms with Crippen LogP contribution in [0.4, 0.5) is 0 Å². The highest BCUT2D eigenvalue weighted by molar-refractivity contribution is 7.89. The highest BCUT2D eigenvalue weighted by Gasteiger charge is 2.31. The number of fused-ring (bicyclic) bond motifs is 1. The van der Waals surface area contributed by atoms with E-state index in [0.29, 0.717) is 32.7 Å². The lowest BCUT2D eigenvalue weighted by Crippen LogP contribution is -2.48. The predicted molar refractivity (Wildman–Crippen MR) is 100 cm³/mol. The van der Waals surface area contributed by atoms with E-state index in [0.717, 1.165) is 17.1 Å². The molecule has 28 heavy (non-hydrogen) atoms. The number of sulfonamides is 1. The van der Waals surface area contributed by atoms with E-state index in [9.17, 15) is 18.3 Å². The summed E-state index contributed by atoms with van der Waals surface area (Å²) in [6.45, 7) is 2.64. The minimum absolute atomic E-state index is 0.160. The minimum atomic E-state index is -3.85. The van der Waals surface area contributed by atoms with Crippen LogP contribution >= 0.6 is 0 Å². The van der Waals surface area contributed by atoms with Crippen molar-refractivity contribution in [2.75, 3.05) is 33.0 Å². The molecule has 2 aliphatic heterocycles. The largest absolute Gasteiger partial charge is 0.478 e. The molecular formula is C19H20N2O6S. The van der Waals surface area contributed by atoms with Crippen molar-refractivity contribution < 1.29 is 27.8 Å². The quantitative estimate of drug-likeness (QED) is 0.809. The third-order valence-electron chi connectivity index (χ3n) is 4.91. The van der Waals surface area contributed by atoms with Gasteiger partial charge in [0.05, 0.1) is 10.5 Å². The smallest absolute Gasteiger partial charge is 0.337 e. The van der Waals surface area contributed by atoms with Gasteiger partial charge in [0.1, 0.15) is 0 Å². The highest BCUT2D eigenvalue weighted by atomic mass is 32.2. The number of aromatic carboxylic acids is 1. The Morgan fingerprint density at radius 2 is 1.71 bits per heavy atom. The maximum Gasteiger partial charge on any atom is 0.337 e. The first-order chi connectivity index (χ1) is 13.4. The summed E-state index contributed by atoms with van der Waals surface area (Å²) < 4.78 is 37.9. The Morgan fingerprint density at radius 3 is 2.46 bits per heavy atom. The summed E-state index contributed by atoms with van der Waals surface area (Å²) in [5.74, 6) is 0.210. The number of carboxylic acids is 1. The lowest BCUT2D eigenvalue weighted by molar-refractivity contribution is 0.0692. The molecule has 1 fully saturated rings. The number of hydrogen-bond acceptors (Lipinski definition) is 6. The van der Waals surface area contributed by atoms with Gasteiger partial charge in [0.15, 0.2) is 11.5 Å². The molecule has 0 amide bonds. The van der Waals surface area contributed by atoms with Crippen LogP contribution in [0, 0.1) is 0 Å². The zero-order valence-corrected chi connectivity index (χ0v) is 15.9. The molecule has 1 N–H and O–H groups in total. The summed E-state index contributed by atoms with van der Waals surface area (Å²) in [6, 6.07) is 11.5. The summed E-state index contributed by atoms with van der Waals surface area (Å²) in [5.41, 5.74) is 0.863. The Morgan fingerprint density at radius 1 is 1.00 bits per heavy atom. The zero-order valence-electron chi connectivity index (χ0n) is 15.1. The zero-order chi connectivity index (χ0) is 19.7. The number of benzene rings is 2. The van der Waals surface area contributed by atoms with E-state index in [1.807, 2.05) is 18.2 Å². The Hall–Kier alpha value is -2.62. The van der Waals surface area contributed by atoms with Gasteiger partial charge in [-0.2, -0.15) is 4.31 Å². The first-order valence-corrected chi connectivity index (χ1v) is 10.3. The van der Waals surface area contributed by atoms with Crippen molar-refractivity contribution in [1.82, 2.24) is 9.21 Å². The van der Waals surface area contributed by atoms with Gasteiger partial charge in [0.2, 0.25) is 16.8 Å². The second kappa shape index (κ2) is 7.42. The first-order valence-electron chi connectivity index (χ1n) is 8.88. The number of ether oxygens (including phenoxy) is 2. The number of piperazine rings is 1. The molecule has 0 aliphatic carbocycles. The fraction of sp³-hybridized carbons (Fsp3) is 0.316. The summed E-state index contributed by atoms with van der Waals surface area (Å²) in [4.78, 5) is 13.4. The molecule has 0 bridgehead atoms. The topological polar surface area (TPSA) is 96.4 Å². The SMILES string of the molecule is O=C(O)c1ccccc1S(=O)(=O)N1CCN(Cc2ccc3c(c2)OCO3)CC1. The Labute approximate surface area is 162 Å². The fourth-order valence-electron chi connectivity index (χ4n) is 3.43. The lowest BCUT2D eigenvalue weighted by atomic mass is 10.2. The molecule has 2 aromatic rings. The maximum atomic E-state index is 12.9. The van der Waals surface area contributed by atoms with E-state index >= 15 is 0 Å². The fourth-order valence-corrected chi connectivity index (χ4v) is 5.04. The monoisotopic (exact) mass is 404 g/mol. The molecule has 0 radical (unpaired) electrons. The van der Waals surface area contributed by atoms with Crippen molar-refractivity contribution in [2.45, 2.75) is 11.4 Å². The summed E-state index contributed by atoms with van der Waals surface area (Å²) in [5, 5.41) is 9.29. The van der Waals surface area contributed by atoms with Crippen LogP contribution in [0.25, 0.3) is 0 Å². The van der Waals surface area contributed by atoms with E-state index < -0.39 is 16.0 Å². The van der Waals surface area contributed by atoms with E-state index in [-0.39, 0.29) is 17.3 Å². The molecule has 0 atom stereocenters. The molecule has 2 aromatic carbocycles. The third-order valence-corrected chi connectivity index (χ3v) is 6.87. The molecule has 2 heterocycles. The molecule has 0 aromatic heterocycles. The van der Waals surface area contributed by atoms with Gasteiger partial charge in [-0.3, -0.25) is 4.90 Å². The van der Waals surface area contributed by atoms with E-state index in [1.165, 1.54) is 28.6 Å². The molecule has 0 spiro atoms. The number of nitrogens with zero attached hydrogens (tertiary/aromatic N) is 2. The molecule has 1 saturated heterocycles. The van der Waals surface area contributed by atoms with Crippen LogP contribution < -0.4 is 9.47 Å². The summed E-state index contributed by atoms with van der Waals surface area (Å²) >= 11 is 0. The molecule has 9 heteroatoms. The van der Waals surface area contributed by atoms with Crippen LogP contribution in [-0.4, -0.2) is 61.7 Å². The molecule has 2 aliphatic rings. The van der Waals surface area contributed by atoms with Crippen molar-refractivity contribution in [3.05, 3.63) is 53.6 Å². The van der Waals surface area contributed by atoms with Gasteiger partial charge in [0, 0.05) is 32.7 Å². The van der Waals surface area contributed by atoms with Crippen molar-refractivity contribution in [2.24, 2.45) is 0 Å². The average molecular weight is 404 g/mol. The van der Waals surface area contributed by atoms with E-state index in [1.54, 1.807) is 0 Å². The standard InChI is InChI=1S/C19H20N2O6S/c22-19(23)15-3-1-2-4-18(15)28(24,25)21-9-7-20(8-10-21)12-14-5-6-16-17(11-14)27-13-26-16/h1-6,11H,7-10,12-13H2,(H,22,23). The van der Waals surface area contributed by atoms with Crippen LogP contribution in [-0.2, 0) is 16.6 Å². The third kappa shape index (κ3) is 3.56. The summed E-state index contributed by atoms with van der Waals surface area (Å²) in [6.07, 6.45) is 0. The van der Waals surface area contributed by atoms with Gasteiger partial charge in [0.25, 0.3) is 0 Å². The van der Waals surface area contributed by atoms with Gasteiger partial charge >= 0.3 is 5.97 Å². The highest BCUT2D eigenvalue weighted by Crippen LogP contribution is 2.33. The van der Waals surface area contributed by atoms with Crippen molar-refractivity contribution in [3.8, 4) is 11.5 Å². The number of carbonyl (C=O) groups is 1. The molecule has 4 rings (SSSR count). The van der Waals surface area contributed by atoms with Crippen molar-refractivity contribution >= 4 is 16.0 Å². The Kier molecular flexibility index (Phi) is 4.96. The van der Waals surface area contributed by atoms with Crippen LogP contribution in [0.1, 0.15) is 15.9 Å². The lowest BCUT2D eigenvalue weighted by Gasteiger charge is -2.34. The molecular weight excluding hydrogens is 384 g/mol. The number of carboxylic acid groups (broad SMARTS) is 1. The molecule has 8 nitrogen and oxygen atoms in total. The predicted octanol–water partition coefficient (Wildman–Crippen LogP) is 1.62. The van der Waals surface area contributed by atoms with E-state index in [2.05, 4.69) is 4.90 Å². The Bertz CT molecular complexity index is 999. The first kappa shape index (κ1) is 18.7. The van der Waals surface area contributed by atoms with E-state index in [4.69, 9.17) is 9.47 Å². The number of hydrogen-bond donors (Lipinski definition) is 1. The van der Waals surface area contributed by atoms with Crippen LogP contribution in [0.3, 0.4) is 0 Å². The second-order valence-electron chi connectivity index (χ2n) is 6.67. The van der Waals surface area contributed by atoms with Crippen molar-refractivity contribution in [1.29, 1.82) is 0 Å². The Balaban J connectivity index is 1.43. The van der Waals surface area contributed by atoms with Gasteiger partial charge in [-0.1, -0.05) is 18.2 Å². The molecule has 0 unspecified atom stereocenters. The summed E-state index contributed by atoms with van der Waals surface area (Å²) in [7, 11) is -3.85. The normalized spacial score (nSPS) is 17.6. The van der Waals surface area contributed by atoms with Gasteiger partial charge in [-0.15, -0.1) is 0 Å². The van der Waals surface area contributed by atoms with Gasteiger partial charge < -0.3 is 14.6 Å².